The van der Waals surface area contributed by atoms with Crippen molar-refractivity contribution in [3.8, 4) is 0 Å². The Bertz CT molecular complexity index is 627. The highest BCUT2D eigenvalue weighted by atomic mass is 79.9. The molecular weight excluding hydrogens is 314 g/mol. The van der Waals surface area contributed by atoms with Crippen LogP contribution in [-0.2, 0) is 6.42 Å². The molecule has 0 aliphatic heterocycles. The van der Waals surface area contributed by atoms with Gasteiger partial charge < -0.3 is 0 Å². The molecule has 1 aromatic carbocycles. The second-order valence-corrected chi connectivity index (χ2v) is 6.11. The highest BCUT2D eigenvalue weighted by Gasteiger charge is 2.32. The zero-order valence-electron chi connectivity index (χ0n) is 11.4. The first-order chi connectivity index (χ1) is 9.72. The predicted molar refractivity (Wildman–Crippen MR) is 84.2 cm³/mol. The first-order valence-corrected chi connectivity index (χ1v) is 7.66. The SMILES string of the molecule is Cc1cccc(C(NN)C2CCc3cccnc32)c1Br. The molecule has 2 atom stereocenters. The number of nitrogens with one attached hydrogen (secondary N) is 1. The number of aromatic nitrogens is 1. The van der Waals surface area contributed by atoms with Crippen molar-refractivity contribution in [2.45, 2.75) is 31.7 Å². The van der Waals surface area contributed by atoms with E-state index in [1.54, 1.807) is 0 Å². The van der Waals surface area contributed by atoms with Gasteiger partial charge in [-0.1, -0.05) is 40.2 Å². The molecule has 0 bridgehead atoms. The first kappa shape index (κ1) is 13.7. The van der Waals surface area contributed by atoms with E-state index < -0.39 is 0 Å². The smallest absolute Gasteiger partial charge is 0.0555 e. The van der Waals surface area contributed by atoms with E-state index in [1.807, 2.05) is 12.3 Å². The molecule has 0 spiro atoms. The lowest BCUT2D eigenvalue weighted by atomic mass is 9.90. The third kappa shape index (κ3) is 2.28. The van der Waals surface area contributed by atoms with Gasteiger partial charge in [0, 0.05) is 22.3 Å². The summed E-state index contributed by atoms with van der Waals surface area (Å²) in [5.74, 6) is 6.19. The molecule has 104 valence electrons. The number of aryl methyl sites for hydroxylation is 2. The molecule has 4 heteroatoms. The Hall–Kier alpha value is -1.23. The summed E-state index contributed by atoms with van der Waals surface area (Å²) in [4.78, 5) is 4.58. The van der Waals surface area contributed by atoms with Gasteiger partial charge in [-0.05, 0) is 42.5 Å². The Labute approximate surface area is 127 Å². The molecular formula is C16H18BrN3. The van der Waals surface area contributed by atoms with Crippen LogP contribution < -0.4 is 11.3 Å². The normalized spacial score (nSPS) is 18.9. The standard InChI is InChI=1S/C16H18BrN3/c1-10-4-2-6-12(14(10)17)16(20-18)13-8-7-11-5-3-9-19-15(11)13/h2-6,9,13,16,20H,7-8,18H2,1H3. The molecule has 1 heterocycles. The van der Waals surface area contributed by atoms with Gasteiger partial charge >= 0.3 is 0 Å². The molecule has 1 aliphatic rings. The average molecular weight is 332 g/mol. The van der Waals surface area contributed by atoms with Crippen molar-refractivity contribution in [3.05, 3.63) is 63.4 Å². The van der Waals surface area contributed by atoms with E-state index in [4.69, 9.17) is 5.84 Å². The van der Waals surface area contributed by atoms with Crippen LogP contribution in [0.15, 0.2) is 41.0 Å². The van der Waals surface area contributed by atoms with E-state index in [-0.39, 0.29) is 6.04 Å². The molecule has 0 radical (unpaired) electrons. The minimum Gasteiger partial charge on any atom is -0.271 e. The Morgan fingerprint density at radius 2 is 2.20 bits per heavy atom. The zero-order chi connectivity index (χ0) is 14.1. The van der Waals surface area contributed by atoms with Crippen LogP contribution in [0.3, 0.4) is 0 Å². The first-order valence-electron chi connectivity index (χ1n) is 6.87. The van der Waals surface area contributed by atoms with Gasteiger partial charge in [0.2, 0.25) is 0 Å². The van der Waals surface area contributed by atoms with Gasteiger partial charge in [-0.25, -0.2) is 0 Å². The number of hydrogen-bond acceptors (Lipinski definition) is 3. The third-order valence-corrected chi connectivity index (χ3v) is 5.22. The van der Waals surface area contributed by atoms with Crippen molar-refractivity contribution in [1.29, 1.82) is 0 Å². The number of pyridine rings is 1. The van der Waals surface area contributed by atoms with Gasteiger partial charge in [0.1, 0.15) is 0 Å². The van der Waals surface area contributed by atoms with Crippen LogP contribution in [0.1, 0.15) is 40.8 Å². The Morgan fingerprint density at radius 3 is 3.00 bits per heavy atom. The molecule has 0 fully saturated rings. The van der Waals surface area contributed by atoms with Crippen LogP contribution in [0.2, 0.25) is 0 Å². The average Bonchev–Trinajstić information content (AvgIpc) is 2.88. The molecule has 3 rings (SSSR count). The van der Waals surface area contributed by atoms with E-state index in [9.17, 15) is 0 Å². The molecule has 2 unspecified atom stereocenters. The lowest BCUT2D eigenvalue weighted by molar-refractivity contribution is 0.445. The van der Waals surface area contributed by atoms with Crippen LogP contribution >= 0.6 is 15.9 Å². The fourth-order valence-corrected chi connectivity index (χ4v) is 3.61. The van der Waals surface area contributed by atoms with Crippen molar-refractivity contribution >= 4 is 15.9 Å². The summed E-state index contributed by atoms with van der Waals surface area (Å²) in [7, 11) is 0. The van der Waals surface area contributed by atoms with Gasteiger partial charge in [0.05, 0.1) is 6.04 Å². The van der Waals surface area contributed by atoms with Crippen LogP contribution in [0, 0.1) is 6.92 Å². The van der Waals surface area contributed by atoms with Crippen molar-refractivity contribution in [2.75, 3.05) is 0 Å². The summed E-state index contributed by atoms with van der Waals surface area (Å²) in [6.07, 6.45) is 4.03. The van der Waals surface area contributed by atoms with E-state index in [0.717, 1.165) is 17.3 Å². The van der Waals surface area contributed by atoms with Crippen molar-refractivity contribution < 1.29 is 0 Å². The van der Waals surface area contributed by atoms with Gasteiger partial charge in [-0.2, -0.15) is 0 Å². The largest absolute Gasteiger partial charge is 0.271 e. The van der Waals surface area contributed by atoms with E-state index >= 15 is 0 Å². The minimum atomic E-state index is 0.0837. The van der Waals surface area contributed by atoms with E-state index in [2.05, 4.69) is 57.5 Å². The predicted octanol–water partition coefficient (Wildman–Crippen LogP) is 3.39. The van der Waals surface area contributed by atoms with Crippen LogP contribution in [0.5, 0.6) is 0 Å². The number of hydrogen-bond donors (Lipinski definition) is 2. The van der Waals surface area contributed by atoms with Crippen molar-refractivity contribution in [1.82, 2.24) is 10.4 Å². The summed E-state index contributed by atoms with van der Waals surface area (Å²) in [6.45, 7) is 2.10. The second kappa shape index (κ2) is 5.64. The quantitative estimate of drug-likeness (QED) is 0.669. The number of nitrogens with two attached hydrogens (primary N) is 1. The number of halogens is 1. The second-order valence-electron chi connectivity index (χ2n) is 5.32. The number of hydrazine groups is 1. The molecule has 0 saturated heterocycles. The highest BCUT2D eigenvalue weighted by molar-refractivity contribution is 9.10. The fraction of sp³-hybridized carbons (Fsp3) is 0.312. The lowest BCUT2D eigenvalue weighted by Gasteiger charge is -2.25. The number of benzene rings is 1. The van der Waals surface area contributed by atoms with Crippen LogP contribution in [-0.4, -0.2) is 4.98 Å². The molecule has 0 amide bonds. The number of nitrogens with zero attached hydrogens (tertiary/aromatic N) is 1. The molecule has 3 nitrogen and oxygen atoms in total. The summed E-state index contributed by atoms with van der Waals surface area (Å²) < 4.78 is 1.13. The Balaban J connectivity index is 2.02. The van der Waals surface area contributed by atoms with Crippen molar-refractivity contribution in [2.24, 2.45) is 5.84 Å². The van der Waals surface area contributed by atoms with Gasteiger partial charge in [-0.3, -0.25) is 16.3 Å². The van der Waals surface area contributed by atoms with E-state index in [1.165, 1.54) is 22.4 Å². The Morgan fingerprint density at radius 1 is 1.35 bits per heavy atom. The molecule has 0 saturated carbocycles. The molecule has 20 heavy (non-hydrogen) atoms. The van der Waals surface area contributed by atoms with Crippen LogP contribution in [0.4, 0.5) is 0 Å². The minimum absolute atomic E-state index is 0.0837. The van der Waals surface area contributed by atoms with Gasteiger partial charge in [0.15, 0.2) is 0 Å². The number of rotatable bonds is 3. The maximum absolute atomic E-state index is 5.86. The van der Waals surface area contributed by atoms with Crippen molar-refractivity contribution in [3.63, 3.8) is 0 Å². The summed E-state index contributed by atoms with van der Waals surface area (Å²) in [5.41, 5.74) is 7.96. The zero-order valence-corrected chi connectivity index (χ0v) is 13.0. The molecule has 2 aromatic rings. The topological polar surface area (TPSA) is 50.9 Å². The van der Waals surface area contributed by atoms with Crippen LogP contribution in [0.25, 0.3) is 0 Å². The summed E-state index contributed by atoms with van der Waals surface area (Å²) in [5, 5.41) is 0. The van der Waals surface area contributed by atoms with Gasteiger partial charge in [0.25, 0.3) is 0 Å². The van der Waals surface area contributed by atoms with Gasteiger partial charge in [-0.15, -0.1) is 0 Å². The maximum Gasteiger partial charge on any atom is 0.0555 e. The number of fused-ring (bicyclic) bond motifs is 1. The molecule has 1 aliphatic carbocycles. The summed E-state index contributed by atoms with van der Waals surface area (Å²) >= 11 is 3.69. The highest BCUT2D eigenvalue weighted by Crippen LogP contribution is 2.42. The maximum atomic E-state index is 5.86. The summed E-state index contributed by atoms with van der Waals surface area (Å²) in [6, 6.07) is 10.6. The Kier molecular flexibility index (Phi) is 3.87. The lowest BCUT2D eigenvalue weighted by Crippen LogP contribution is -2.32. The molecule has 3 N–H and O–H groups in total. The van der Waals surface area contributed by atoms with E-state index in [0.29, 0.717) is 5.92 Å². The fourth-order valence-electron chi connectivity index (χ4n) is 3.10. The monoisotopic (exact) mass is 331 g/mol. The molecule has 1 aromatic heterocycles. The third-order valence-electron chi connectivity index (χ3n) is 4.14.